The molecule has 0 saturated heterocycles. The summed E-state index contributed by atoms with van der Waals surface area (Å²) in [7, 11) is 0. The Morgan fingerprint density at radius 1 is 0.912 bits per heavy atom. The number of amides is 2. The van der Waals surface area contributed by atoms with Gasteiger partial charge in [0.25, 0.3) is 0 Å². The van der Waals surface area contributed by atoms with Gasteiger partial charge in [-0.15, -0.1) is 0 Å². The number of aryl methyl sites for hydroxylation is 1. The van der Waals surface area contributed by atoms with Crippen molar-refractivity contribution in [1.29, 1.82) is 0 Å². The van der Waals surface area contributed by atoms with Gasteiger partial charge >= 0.3 is 6.03 Å². The van der Waals surface area contributed by atoms with Crippen LogP contribution in [-0.4, -0.2) is 17.6 Å². The highest BCUT2D eigenvalue weighted by atomic mass is 16.5. The highest BCUT2D eigenvalue weighted by Gasteiger charge is 2.15. The standard InChI is InChI=1S/C29H31N3O2/c1-29(2,3)22-11-6-12-23(19-22)31-28(33)32-26-15-16-27(25-14-5-4-13-24(25)26)34-18-8-10-21-9-7-17-30-20-21/h4-7,9,11-17,19-20H,8,10,18H2,1-3H3,(H2,31,32,33). The van der Waals surface area contributed by atoms with E-state index in [1.165, 1.54) is 11.1 Å². The molecule has 3 aromatic carbocycles. The number of anilines is 2. The van der Waals surface area contributed by atoms with E-state index < -0.39 is 0 Å². The van der Waals surface area contributed by atoms with Crippen LogP contribution in [0.5, 0.6) is 5.75 Å². The van der Waals surface area contributed by atoms with Crippen LogP contribution < -0.4 is 15.4 Å². The van der Waals surface area contributed by atoms with Gasteiger partial charge in [-0.05, 0) is 59.7 Å². The summed E-state index contributed by atoms with van der Waals surface area (Å²) in [6.45, 7) is 7.07. The number of nitrogens with zero attached hydrogens (tertiary/aromatic N) is 1. The first-order valence-corrected chi connectivity index (χ1v) is 11.6. The second-order valence-corrected chi connectivity index (χ2v) is 9.38. The lowest BCUT2D eigenvalue weighted by Gasteiger charge is -2.20. The zero-order valence-electron chi connectivity index (χ0n) is 20.0. The van der Waals surface area contributed by atoms with Crippen LogP contribution >= 0.6 is 0 Å². The van der Waals surface area contributed by atoms with E-state index in [0.29, 0.717) is 6.61 Å². The summed E-state index contributed by atoms with van der Waals surface area (Å²) in [4.78, 5) is 16.9. The van der Waals surface area contributed by atoms with Gasteiger partial charge in [0.2, 0.25) is 0 Å². The van der Waals surface area contributed by atoms with Crippen molar-refractivity contribution in [2.45, 2.75) is 39.0 Å². The van der Waals surface area contributed by atoms with E-state index in [-0.39, 0.29) is 11.4 Å². The van der Waals surface area contributed by atoms with Crippen LogP contribution in [0.1, 0.15) is 38.3 Å². The first-order chi connectivity index (χ1) is 16.4. The molecule has 0 bridgehead atoms. The van der Waals surface area contributed by atoms with Gasteiger partial charge < -0.3 is 15.4 Å². The van der Waals surface area contributed by atoms with E-state index in [2.05, 4.69) is 48.5 Å². The zero-order valence-corrected chi connectivity index (χ0v) is 20.0. The Labute approximate surface area is 201 Å². The Kier molecular flexibility index (Phi) is 7.12. The van der Waals surface area contributed by atoms with Crippen molar-refractivity contribution in [2.75, 3.05) is 17.2 Å². The maximum atomic E-state index is 12.8. The van der Waals surface area contributed by atoms with Crippen LogP contribution in [0.2, 0.25) is 0 Å². The molecule has 34 heavy (non-hydrogen) atoms. The normalized spacial score (nSPS) is 11.3. The Morgan fingerprint density at radius 3 is 2.50 bits per heavy atom. The van der Waals surface area contributed by atoms with Gasteiger partial charge in [0.15, 0.2) is 0 Å². The minimum absolute atomic E-state index is 0.0121. The number of hydrogen-bond donors (Lipinski definition) is 2. The molecule has 2 N–H and O–H groups in total. The van der Waals surface area contributed by atoms with Crippen LogP contribution in [0.3, 0.4) is 0 Å². The highest BCUT2D eigenvalue weighted by Crippen LogP contribution is 2.32. The first kappa shape index (κ1) is 23.3. The van der Waals surface area contributed by atoms with E-state index in [1.807, 2.05) is 66.9 Å². The summed E-state index contributed by atoms with van der Waals surface area (Å²) in [5.41, 5.74) is 3.89. The zero-order chi connectivity index (χ0) is 24.0. The van der Waals surface area contributed by atoms with Crippen LogP contribution in [0.25, 0.3) is 10.8 Å². The molecule has 0 spiro atoms. The topological polar surface area (TPSA) is 63.2 Å². The van der Waals surface area contributed by atoms with Gasteiger partial charge in [0, 0.05) is 28.9 Å². The average molecular weight is 454 g/mol. The molecule has 0 aliphatic heterocycles. The number of benzene rings is 3. The molecule has 0 aliphatic carbocycles. The summed E-state index contributed by atoms with van der Waals surface area (Å²) in [5, 5.41) is 7.85. The minimum Gasteiger partial charge on any atom is -0.493 e. The molecule has 174 valence electrons. The van der Waals surface area contributed by atoms with Crippen LogP contribution in [0.4, 0.5) is 16.2 Å². The fourth-order valence-electron chi connectivity index (χ4n) is 3.86. The van der Waals surface area contributed by atoms with E-state index >= 15 is 0 Å². The molecule has 0 saturated carbocycles. The van der Waals surface area contributed by atoms with Gasteiger partial charge in [-0.3, -0.25) is 4.98 Å². The van der Waals surface area contributed by atoms with Crippen molar-refractivity contribution in [3.05, 3.63) is 96.3 Å². The van der Waals surface area contributed by atoms with Crippen molar-refractivity contribution < 1.29 is 9.53 Å². The van der Waals surface area contributed by atoms with Crippen LogP contribution in [0.15, 0.2) is 85.2 Å². The minimum atomic E-state index is -0.277. The number of carbonyl (C=O) groups excluding carboxylic acids is 1. The van der Waals surface area contributed by atoms with E-state index in [4.69, 9.17) is 4.74 Å². The molecule has 0 fully saturated rings. The predicted octanol–water partition coefficient (Wildman–Crippen LogP) is 7.19. The van der Waals surface area contributed by atoms with E-state index in [1.54, 1.807) is 6.20 Å². The fraction of sp³-hybridized carbons (Fsp3) is 0.241. The second kappa shape index (κ2) is 10.4. The number of pyridine rings is 1. The average Bonchev–Trinajstić information content (AvgIpc) is 2.83. The number of rotatable bonds is 7. The van der Waals surface area contributed by atoms with Crippen LogP contribution in [0, 0.1) is 0 Å². The third-order valence-corrected chi connectivity index (χ3v) is 5.71. The SMILES string of the molecule is CC(C)(C)c1cccc(NC(=O)Nc2ccc(OCCCc3cccnc3)c3ccccc23)c1. The van der Waals surface area contributed by atoms with Gasteiger partial charge in [0.1, 0.15) is 5.75 Å². The molecular formula is C29H31N3O2. The predicted molar refractivity (Wildman–Crippen MR) is 140 cm³/mol. The highest BCUT2D eigenvalue weighted by molar-refractivity contribution is 6.07. The summed E-state index contributed by atoms with van der Waals surface area (Å²) in [5.74, 6) is 0.811. The Hall–Kier alpha value is -3.86. The Morgan fingerprint density at radius 2 is 1.74 bits per heavy atom. The van der Waals surface area contributed by atoms with Gasteiger partial charge in [0.05, 0.1) is 12.3 Å². The molecule has 0 radical (unpaired) electrons. The monoisotopic (exact) mass is 453 g/mol. The molecule has 1 heterocycles. The number of fused-ring (bicyclic) bond motifs is 1. The van der Waals surface area contributed by atoms with E-state index in [9.17, 15) is 4.79 Å². The molecule has 0 aliphatic rings. The maximum Gasteiger partial charge on any atom is 0.323 e. The Bertz CT molecular complexity index is 1260. The van der Waals surface area contributed by atoms with Gasteiger partial charge in [-0.1, -0.05) is 63.2 Å². The largest absolute Gasteiger partial charge is 0.493 e. The number of aromatic nitrogens is 1. The Balaban J connectivity index is 1.43. The smallest absolute Gasteiger partial charge is 0.323 e. The third-order valence-electron chi connectivity index (χ3n) is 5.71. The van der Waals surface area contributed by atoms with Crippen LogP contribution in [-0.2, 0) is 11.8 Å². The first-order valence-electron chi connectivity index (χ1n) is 11.6. The lowest BCUT2D eigenvalue weighted by Crippen LogP contribution is -2.20. The molecule has 5 heteroatoms. The number of urea groups is 1. The van der Waals surface area contributed by atoms with Gasteiger partial charge in [-0.25, -0.2) is 4.79 Å². The molecule has 4 rings (SSSR count). The second-order valence-electron chi connectivity index (χ2n) is 9.38. The summed E-state index contributed by atoms with van der Waals surface area (Å²) >= 11 is 0. The quantitative estimate of drug-likeness (QED) is 0.291. The van der Waals surface area contributed by atoms with E-state index in [0.717, 1.165) is 40.7 Å². The maximum absolute atomic E-state index is 12.8. The van der Waals surface area contributed by atoms with Gasteiger partial charge in [-0.2, -0.15) is 0 Å². The van der Waals surface area contributed by atoms with Crippen molar-refractivity contribution in [3.63, 3.8) is 0 Å². The summed E-state index contributed by atoms with van der Waals surface area (Å²) in [6.07, 6.45) is 5.49. The number of nitrogens with one attached hydrogen (secondary N) is 2. The lowest BCUT2D eigenvalue weighted by atomic mass is 9.87. The molecule has 0 atom stereocenters. The third kappa shape index (κ3) is 5.93. The number of carbonyl (C=O) groups is 1. The molecule has 0 unspecified atom stereocenters. The summed E-state index contributed by atoms with van der Waals surface area (Å²) < 4.78 is 6.09. The summed E-state index contributed by atoms with van der Waals surface area (Å²) in [6, 6.07) is 23.5. The molecule has 5 nitrogen and oxygen atoms in total. The molecule has 1 aromatic heterocycles. The fourth-order valence-corrected chi connectivity index (χ4v) is 3.86. The number of hydrogen-bond acceptors (Lipinski definition) is 3. The van der Waals surface area contributed by atoms with Crippen molar-refractivity contribution in [1.82, 2.24) is 4.98 Å². The molecule has 4 aromatic rings. The van der Waals surface area contributed by atoms with Crippen molar-refractivity contribution in [2.24, 2.45) is 0 Å². The molecule has 2 amide bonds. The molecular weight excluding hydrogens is 422 g/mol. The number of ether oxygens (including phenoxy) is 1. The lowest BCUT2D eigenvalue weighted by molar-refractivity contribution is 0.262. The van der Waals surface area contributed by atoms with Crippen molar-refractivity contribution >= 4 is 28.2 Å². The van der Waals surface area contributed by atoms with Crippen molar-refractivity contribution in [3.8, 4) is 5.75 Å².